The smallest absolute Gasteiger partial charge is 0.265 e. The summed E-state index contributed by atoms with van der Waals surface area (Å²) < 4.78 is 0.938. The Morgan fingerprint density at radius 3 is 2.48 bits per heavy atom. The van der Waals surface area contributed by atoms with Gasteiger partial charge in [0, 0.05) is 52.9 Å². The van der Waals surface area contributed by atoms with Gasteiger partial charge < -0.3 is 4.90 Å². The molecule has 0 saturated carbocycles. The second-order valence-corrected chi connectivity index (χ2v) is 8.82. The SMILES string of the molecule is O=C(c1sc2cc(Cl)ccc2c1Cl)N1CCN(Cc2ccccc2Cl)CC1. The predicted molar refractivity (Wildman–Crippen MR) is 114 cm³/mol. The van der Waals surface area contributed by atoms with Gasteiger partial charge in [-0.15, -0.1) is 11.3 Å². The maximum atomic E-state index is 13.0. The van der Waals surface area contributed by atoms with Gasteiger partial charge in [0.25, 0.3) is 5.91 Å². The van der Waals surface area contributed by atoms with Gasteiger partial charge in [-0.1, -0.05) is 59.1 Å². The highest BCUT2D eigenvalue weighted by Gasteiger charge is 2.26. The molecule has 1 saturated heterocycles. The molecular weight excluding hydrogens is 423 g/mol. The van der Waals surface area contributed by atoms with Crippen molar-refractivity contribution in [2.24, 2.45) is 0 Å². The maximum absolute atomic E-state index is 13.0. The van der Waals surface area contributed by atoms with E-state index in [1.807, 2.05) is 41.3 Å². The van der Waals surface area contributed by atoms with Gasteiger partial charge in [-0.05, 0) is 23.8 Å². The third-order valence-corrected chi connectivity index (χ3v) is 7.05. The second-order valence-electron chi connectivity index (χ2n) is 6.55. The van der Waals surface area contributed by atoms with Crippen LogP contribution in [0.2, 0.25) is 15.1 Å². The quantitative estimate of drug-likeness (QED) is 0.513. The zero-order valence-electron chi connectivity index (χ0n) is 14.4. The minimum atomic E-state index is -0.00489. The first-order valence-electron chi connectivity index (χ1n) is 8.65. The van der Waals surface area contributed by atoms with Crippen LogP contribution in [0.4, 0.5) is 0 Å². The van der Waals surface area contributed by atoms with Crippen molar-refractivity contribution in [2.75, 3.05) is 26.2 Å². The molecule has 2 heterocycles. The highest BCUT2D eigenvalue weighted by Crippen LogP contribution is 2.37. The molecule has 3 nitrogen and oxygen atoms in total. The van der Waals surface area contributed by atoms with Gasteiger partial charge in [-0.2, -0.15) is 0 Å². The van der Waals surface area contributed by atoms with Gasteiger partial charge in [0.2, 0.25) is 0 Å². The molecule has 7 heteroatoms. The van der Waals surface area contributed by atoms with Gasteiger partial charge in [-0.3, -0.25) is 9.69 Å². The van der Waals surface area contributed by atoms with Crippen LogP contribution in [0.3, 0.4) is 0 Å². The van der Waals surface area contributed by atoms with E-state index in [0.717, 1.165) is 40.3 Å². The standard InChI is InChI=1S/C20H17Cl3N2OS/c21-14-5-6-15-17(11-14)27-19(18(15)23)20(26)25-9-7-24(8-10-25)12-13-3-1-2-4-16(13)22/h1-6,11H,7-10,12H2. The molecule has 1 fully saturated rings. The molecule has 2 aromatic carbocycles. The Balaban J connectivity index is 1.44. The van der Waals surface area contributed by atoms with Crippen molar-refractivity contribution in [2.45, 2.75) is 6.54 Å². The fourth-order valence-corrected chi connectivity index (χ4v) is 5.25. The van der Waals surface area contributed by atoms with Crippen LogP contribution < -0.4 is 0 Å². The van der Waals surface area contributed by atoms with Gasteiger partial charge in [0.15, 0.2) is 0 Å². The zero-order valence-corrected chi connectivity index (χ0v) is 17.5. The summed E-state index contributed by atoms with van der Waals surface area (Å²) in [6.45, 7) is 3.77. The van der Waals surface area contributed by atoms with Crippen LogP contribution in [-0.4, -0.2) is 41.9 Å². The average Bonchev–Trinajstić information content (AvgIpc) is 2.99. The molecule has 0 unspecified atom stereocenters. The Labute approximate surface area is 177 Å². The number of rotatable bonds is 3. The molecule has 0 radical (unpaired) electrons. The number of hydrogen-bond donors (Lipinski definition) is 0. The van der Waals surface area contributed by atoms with Crippen LogP contribution in [0.5, 0.6) is 0 Å². The molecule has 1 aliphatic heterocycles. The van der Waals surface area contributed by atoms with Crippen LogP contribution in [0.25, 0.3) is 10.1 Å². The summed E-state index contributed by atoms with van der Waals surface area (Å²) in [5, 5.41) is 2.83. The van der Waals surface area contributed by atoms with Crippen molar-refractivity contribution in [3.8, 4) is 0 Å². The third-order valence-electron chi connectivity index (χ3n) is 4.80. The third kappa shape index (κ3) is 3.96. The van der Waals surface area contributed by atoms with E-state index >= 15 is 0 Å². The molecular formula is C20H17Cl3N2OS. The zero-order chi connectivity index (χ0) is 19.0. The van der Waals surface area contributed by atoms with Crippen LogP contribution in [0, 0.1) is 0 Å². The highest BCUT2D eigenvalue weighted by molar-refractivity contribution is 7.21. The summed E-state index contributed by atoms with van der Waals surface area (Å²) in [6, 6.07) is 13.4. The number of thiophene rings is 1. The Morgan fingerprint density at radius 2 is 1.74 bits per heavy atom. The molecule has 1 aromatic heterocycles. The predicted octanol–water partition coefficient (Wildman–Crippen LogP) is 5.82. The summed E-state index contributed by atoms with van der Waals surface area (Å²) in [6.07, 6.45) is 0. The minimum Gasteiger partial charge on any atom is -0.335 e. The lowest BCUT2D eigenvalue weighted by molar-refractivity contribution is 0.0633. The first-order valence-corrected chi connectivity index (χ1v) is 10.6. The summed E-state index contributed by atoms with van der Waals surface area (Å²) in [5.41, 5.74) is 1.11. The van der Waals surface area contributed by atoms with E-state index in [1.165, 1.54) is 11.3 Å². The molecule has 0 atom stereocenters. The summed E-state index contributed by atoms with van der Waals surface area (Å²) in [4.78, 5) is 17.8. The summed E-state index contributed by atoms with van der Waals surface area (Å²) in [5.74, 6) is -0.00489. The van der Waals surface area contributed by atoms with Crippen molar-refractivity contribution in [1.82, 2.24) is 9.80 Å². The van der Waals surface area contributed by atoms with E-state index in [1.54, 1.807) is 6.07 Å². The number of carbonyl (C=O) groups is 1. The van der Waals surface area contributed by atoms with E-state index in [2.05, 4.69) is 4.90 Å². The van der Waals surface area contributed by atoms with Crippen LogP contribution >= 0.6 is 46.1 Å². The number of halogens is 3. The molecule has 0 N–H and O–H groups in total. The number of fused-ring (bicyclic) bond motifs is 1. The Kier molecular flexibility index (Phi) is 5.62. The van der Waals surface area contributed by atoms with Crippen LogP contribution in [-0.2, 0) is 6.54 Å². The van der Waals surface area contributed by atoms with Crippen molar-refractivity contribution in [1.29, 1.82) is 0 Å². The molecule has 0 bridgehead atoms. The highest BCUT2D eigenvalue weighted by atomic mass is 35.5. The molecule has 3 aromatic rings. The van der Waals surface area contributed by atoms with E-state index in [4.69, 9.17) is 34.8 Å². The Hall–Kier alpha value is -1.30. The van der Waals surface area contributed by atoms with E-state index in [0.29, 0.717) is 28.0 Å². The van der Waals surface area contributed by atoms with E-state index in [-0.39, 0.29) is 5.91 Å². The summed E-state index contributed by atoms with van der Waals surface area (Å²) >= 11 is 20.2. The maximum Gasteiger partial charge on any atom is 0.265 e. The molecule has 140 valence electrons. The van der Waals surface area contributed by atoms with E-state index in [9.17, 15) is 4.79 Å². The molecule has 27 heavy (non-hydrogen) atoms. The number of benzene rings is 2. The number of carbonyl (C=O) groups excluding carboxylic acids is 1. The van der Waals surface area contributed by atoms with Crippen molar-refractivity contribution in [3.05, 3.63) is 68.0 Å². The lowest BCUT2D eigenvalue weighted by atomic mass is 10.2. The number of hydrogen-bond acceptors (Lipinski definition) is 3. The van der Waals surface area contributed by atoms with Crippen LogP contribution in [0.1, 0.15) is 15.2 Å². The number of nitrogens with zero attached hydrogens (tertiary/aromatic N) is 2. The molecule has 0 aliphatic carbocycles. The monoisotopic (exact) mass is 438 g/mol. The number of amides is 1. The van der Waals surface area contributed by atoms with Gasteiger partial charge in [-0.25, -0.2) is 0 Å². The Bertz CT molecular complexity index is 996. The fourth-order valence-electron chi connectivity index (χ4n) is 3.30. The van der Waals surface area contributed by atoms with E-state index < -0.39 is 0 Å². The molecule has 0 spiro atoms. The van der Waals surface area contributed by atoms with Gasteiger partial charge >= 0.3 is 0 Å². The largest absolute Gasteiger partial charge is 0.335 e. The van der Waals surface area contributed by atoms with Gasteiger partial charge in [0.1, 0.15) is 4.88 Å². The lowest BCUT2D eigenvalue weighted by Gasteiger charge is -2.34. The van der Waals surface area contributed by atoms with Crippen molar-refractivity contribution >= 4 is 62.1 Å². The molecule has 1 amide bonds. The average molecular weight is 440 g/mol. The van der Waals surface area contributed by atoms with Crippen molar-refractivity contribution in [3.63, 3.8) is 0 Å². The minimum absolute atomic E-state index is 0.00489. The molecule has 1 aliphatic rings. The Morgan fingerprint density at radius 1 is 1.00 bits per heavy atom. The normalized spacial score (nSPS) is 15.4. The lowest BCUT2D eigenvalue weighted by Crippen LogP contribution is -2.48. The first kappa shape index (κ1) is 19.0. The summed E-state index contributed by atoms with van der Waals surface area (Å²) in [7, 11) is 0. The second kappa shape index (κ2) is 7.98. The van der Waals surface area contributed by atoms with Gasteiger partial charge in [0.05, 0.1) is 5.02 Å². The fraction of sp³-hybridized carbons (Fsp3) is 0.250. The first-order chi connectivity index (χ1) is 13.0. The van der Waals surface area contributed by atoms with Crippen molar-refractivity contribution < 1.29 is 4.79 Å². The molecule has 4 rings (SSSR count). The number of piperazine rings is 1. The van der Waals surface area contributed by atoms with Crippen LogP contribution in [0.15, 0.2) is 42.5 Å². The topological polar surface area (TPSA) is 23.6 Å².